The molecule has 1 saturated heterocycles. The Kier molecular flexibility index (Phi) is 6.61. The van der Waals surface area contributed by atoms with E-state index in [9.17, 15) is 0 Å². The maximum Gasteiger partial charge on any atom is 0.174 e. The van der Waals surface area contributed by atoms with Crippen LogP contribution in [-0.2, 0) is 0 Å². The van der Waals surface area contributed by atoms with Crippen LogP contribution in [0.3, 0.4) is 0 Å². The molecule has 2 atom stereocenters. The maximum atomic E-state index is 6.46. The van der Waals surface area contributed by atoms with Crippen LogP contribution in [0.5, 0.6) is 5.75 Å². The van der Waals surface area contributed by atoms with Crippen molar-refractivity contribution in [1.29, 1.82) is 0 Å². The average molecular weight is 530 g/mol. The zero-order valence-electron chi connectivity index (χ0n) is 20.6. The number of pyridine rings is 1. The molecule has 6 rings (SSSR count). The summed E-state index contributed by atoms with van der Waals surface area (Å²) in [6.45, 7) is 1.99. The molecule has 1 aliphatic heterocycles. The van der Waals surface area contributed by atoms with E-state index in [0.29, 0.717) is 16.2 Å². The van der Waals surface area contributed by atoms with Gasteiger partial charge in [-0.2, -0.15) is 0 Å². The molecule has 2 aromatic carbocycles. The van der Waals surface area contributed by atoms with Crippen LogP contribution in [0.25, 0.3) is 11.3 Å². The van der Waals surface area contributed by atoms with E-state index in [0.717, 1.165) is 52.6 Å². The molecule has 5 nitrogen and oxygen atoms in total. The highest BCUT2D eigenvalue weighted by Gasteiger charge is 2.42. The summed E-state index contributed by atoms with van der Waals surface area (Å²) in [6.07, 6.45) is 6.86. The van der Waals surface area contributed by atoms with Crippen molar-refractivity contribution < 1.29 is 9.15 Å². The summed E-state index contributed by atoms with van der Waals surface area (Å²) < 4.78 is 12.6. The summed E-state index contributed by atoms with van der Waals surface area (Å²) in [7, 11) is 0. The normalized spacial score (nSPS) is 19.8. The molecule has 1 aliphatic carbocycles. The van der Waals surface area contributed by atoms with Crippen LogP contribution in [0.1, 0.15) is 54.8 Å². The van der Waals surface area contributed by atoms with Gasteiger partial charge >= 0.3 is 0 Å². The molecular weight excluding hydrogens is 502 g/mol. The number of hydrogen-bond donors (Lipinski definition) is 1. The molecule has 0 radical (unpaired) electrons. The van der Waals surface area contributed by atoms with Crippen molar-refractivity contribution in [2.45, 2.75) is 50.8 Å². The van der Waals surface area contributed by atoms with Gasteiger partial charge in [0.15, 0.2) is 5.11 Å². The zero-order valence-corrected chi connectivity index (χ0v) is 22.1. The molecule has 1 saturated carbocycles. The monoisotopic (exact) mass is 529 g/mol. The number of hydrogen-bond acceptors (Lipinski definition) is 4. The fourth-order valence-electron chi connectivity index (χ4n) is 5.22. The molecule has 0 unspecified atom stereocenters. The number of furan rings is 1. The topological polar surface area (TPSA) is 50.5 Å². The van der Waals surface area contributed by atoms with Crippen molar-refractivity contribution in [3.8, 4) is 17.1 Å². The molecule has 2 aromatic heterocycles. The van der Waals surface area contributed by atoms with Crippen LogP contribution in [0.15, 0.2) is 83.4 Å². The van der Waals surface area contributed by atoms with E-state index < -0.39 is 0 Å². The lowest BCUT2D eigenvalue weighted by atomic mass is 10.0. The van der Waals surface area contributed by atoms with Crippen molar-refractivity contribution in [3.63, 3.8) is 0 Å². The largest absolute Gasteiger partial charge is 0.490 e. The number of benzene rings is 2. The third-order valence-corrected chi connectivity index (χ3v) is 7.91. The van der Waals surface area contributed by atoms with Gasteiger partial charge in [-0.15, -0.1) is 0 Å². The third-order valence-electron chi connectivity index (χ3n) is 7.19. The minimum absolute atomic E-state index is 0.177. The quantitative estimate of drug-likeness (QED) is 0.257. The number of rotatable bonds is 6. The SMILES string of the molecule is Cc1ccc(-c2ccc([C@@H]3[C@@H](c4ccccn4)NC(=S)N3c3ccc(OC4CCCC4)cc3)o2)cc1Cl. The third kappa shape index (κ3) is 4.83. The van der Waals surface area contributed by atoms with Crippen LogP contribution < -0.4 is 15.0 Å². The Morgan fingerprint density at radius 1 is 1.03 bits per heavy atom. The summed E-state index contributed by atoms with van der Waals surface area (Å²) in [5.41, 5.74) is 3.83. The minimum atomic E-state index is -0.223. The van der Waals surface area contributed by atoms with Gasteiger partial charge in [0, 0.05) is 22.5 Å². The van der Waals surface area contributed by atoms with E-state index in [1.54, 1.807) is 6.20 Å². The average Bonchev–Trinajstić information content (AvgIpc) is 3.67. The first-order valence-corrected chi connectivity index (χ1v) is 13.5. The smallest absolute Gasteiger partial charge is 0.174 e. The van der Waals surface area contributed by atoms with Gasteiger partial charge in [0.1, 0.15) is 23.3 Å². The first-order valence-electron chi connectivity index (χ1n) is 12.7. The molecule has 7 heteroatoms. The van der Waals surface area contributed by atoms with Crippen LogP contribution in [0.4, 0.5) is 5.69 Å². The molecule has 188 valence electrons. The summed E-state index contributed by atoms with van der Waals surface area (Å²) in [5.74, 6) is 2.44. The second-order valence-electron chi connectivity index (χ2n) is 9.68. The number of thiocarbonyl (C=S) groups is 1. The summed E-state index contributed by atoms with van der Waals surface area (Å²) in [4.78, 5) is 6.74. The highest BCUT2D eigenvalue weighted by molar-refractivity contribution is 7.80. The van der Waals surface area contributed by atoms with Crippen LogP contribution in [-0.4, -0.2) is 16.2 Å². The van der Waals surface area contributed by atoms with Crippen molar-refractivity contribution in [3.05, 3.63) is 101 Å². The fraction of sp³-hybridized carbons (Fsp3) is 0.267. The number of ether oxygens (including phenoxy) is 1. The van der Waals surface area contributed by atoms with Crippen LogP contribution in [0.2, 0.25) is 5.02 Å². The van der Waals surface area contributed by atoms with Gasteiger partial charge in [0.25, 0.3) is 0 Å². The molecule has 37 heavy (non-hydrogen) atoms. The Morgan fingerprint density at radius 2 is 1.84 bits per heavy atom. The van der Waals surface area contributed by atoms with E-state index in [-0.39, 0.29) is 12.1 Å². The Labute approximate surface area is 227 Å². The second kappa shape index (κ2) is 10.2. The number of aryl methyl sites for hydroxylation is 1. The summed E-state index contributed by atoms with van der Waals surface area (Å²) >= 11 is 12.2. The Morgan fingerprint density at radius 3 is 2.57 bits per heavy atom. The number of nitrogens with one attached hydrogen (secondary N) is 1. The standard InChI is InChI=1S/C30H28ClN3O2S/c1-19-9-10-20(18-24(19)31)26-15-16-27(36-26)29-28(25-8-4-5-17-32-25)33-30(37)34(29)21-11-13-23(14-12-21)35-22-6-2-3-7-22/h4-5,8-18,22,28-29H,2-3,6-7H2,1H3,(H,33,37)/t28-,29-/m1/s1. The van der Waals surface area contributed by atoms with E-state index in [1.807, 2.05) is 67.6 Å². The van der Waals surface area contributed by atoms with Gasteiger partial charge < -0.3 is 19.4 Å². The lowest BCUT2D eigenvalue weighted by Gasteiger charge is -2.26. The first-order chi connectivity index (χ1) is 18.1. The molecule has 2 aliphatic rings. The molecule has 0 bridgehead atoms. The molecular formula is C30H28ClN3O2S. The maximum absolute atomic E-state index is 6.46. The van der Waals surface area contributed by atoms with E-state index in [4.69, 9.17) is 33.0 Å². The van der Waals surface area contributed by atoms with Crippen LogP contribution in [0, 0.1) is 6.92 Å². The van der Waals surface area contributed by atoms with Gasteiger partial charge in [0.05, 0.1) is 17.8 Å². The molecule has 1 N–H and O–H groups in total. The number of nitrogens with zero attached hydrogens (tertiary/aromatic N) is 2. The Bertz CT molecular complexity index is 1400. The predicted octanol–water partition coefficient (Wildman–Crippen LogP) is 7.80. The number of anilines is 1. The highest BCUT2D eigenvalue weighted by Crippen LogP contribution is 2.43. The lowest BCUT2D eigenvalue weighted by Crippen LogP contribution is -2.29. The van der Waals surface area contributed by atoms with E-state index in [1.165, 1.54) is 12.8 Å². The molecule has 2 fully saturated rings. The predicted molar refractivity (Wildman–Crippen MR) is 151 cm³/mol. The molecule has 0 amide bonds. The molecule has 3 heterocycles. The van der Waals surface area contributed by atoms with Crippen molar-refractivity contribution in [1.82, 2.24) is 10.3 Å². The van der Waals surface area contributed by atoms with E-state index >= 15 is 0 Å². The summed E-state index contributed by atoms with van der Waals surface area (Å²) in [5, 5.41) is 4.83. The van der Waals surface area contributed by atoms with Gasteiger partial charge in [-0.05, 0) is 105 Å². The summed E-state index contributed by atoms with van der Waals surface area (Å²) in [6, 6.07) is 23.7. The van der Waals surface area contributed by atoms with E-state index in [2.05, 4.69) is 27.3 Å². The second-order valence-corrected chi connectivity index (χ2v) is 10.5. The first kappa shape index (κ1) is 24.0. The number of aromatic nitrogens is 1. The highest BCUT2D eigenvalue weighted by atomic mass is 35.5. The lowest BCUT2D eigenvalue weighted by molar-refractivity contribution is 0.210. The minimum Gasteiger partial charge on any atom is -0.490 e. The zero-order chi connectivity index (χ0) is 25.4. The number of halogens is 1. The Balaban J connectivity index is 1.35. The van der Waals surface area contributed by atoms with Gasteiger partial charge in [-0.1, -0.05) is 29.8 Å². The van der Waals surface area contributed by atoms with Gasteiger partial charge in [0.2, 0.25) is 0 Å². The Hall–Kier alpha value is -3.35. The van der Waals surface area contributed by atoms with Gasteiger partial charge in [-0.25, -0.2) is 0 Å². The molecule has 0 spiro atoms. The van der Waals surface area contributed by atoms with Crippen molar-refractivity contribution in [2.75, 3.05) is 4.90 Å². The van der Waals surface area contributed by atoms with Gasteiger partial charge in [-0.3, -0.25) is 4.98 Å². The molecule has 4 aromatic rings. The van der Waals surface area contributed by atoms with Crippen LogP contribution >= 0.6 is 23.8 Å². The van der Waals surface area contributed by atoms with Crippen molar-refractivity contribution in [2.24, 2.45) is 0 Å². The van der Waals surface area contributed by atoms with Crippen molar-refractivity contribution >= 4 is 34.6 Å². The fourth-order valence-corrected chi connectivity index (χ4v) is 5.75.